The number of ether oxygens (including phenoxy) is 2. The standard InChI is InChI=1S/C9H16O4/c1-4(2)6-7(10)5-3-12-9(13-5)8(6)11/h4-11H,3H2,1-2H3/t5-,6-,7+,8-,9-/m0/s1. The van der Waals surface area contributed by atoms with Crippen LogP contribution in [0.2, 0.25) is 0 Å². The van der Waals surface area contributed by atoms with Crippen molar-refractivity contribution in [3.63, 3.8) is 0 Å². The summed E-state index contributed by atoms with van der Waals surface area (Å²) in [7, 11) is 0. The Kier molecular flexibility index (Phi) is 2.32. The Morgan fingerprint density at radius 1 is 1.23 bits per heavy atom. The average Bonchev–Trinajstić information content (AvgIpc) is 2.46. The fourth-order valence-electron chi connectivity index (χ4n) is 2.22. The van der Waals surface area contributed by atoms with Crippen LogP contribution in [0.25, 0.3) is 0 Å². The highest BCUT2D eigenvalue weighted by atomic mass is 16.7. The van der Waals surface area contributed by atoms with Crippen molar-refractivity contribution < 1.29 is 19.7 Å². The predicted molar refractivity (Wildman–Crippen MR) is 45.0 cm³/mol. The van der Waals surface area contributed by atoms with E-state index in [2.05, 4.69) is 0 Å². The van der Waals surface area contributed by atoms with Gasteiger partial charge in [-0.1, -0.05) is 13.8 Å². The summed E-state index contributed by atoms with van der Waals surface area (Å²) in [6.07, 6.45) is -2.08. The van der Waals surface area contributed by atoms with Crippen molar-refractivity contribution in [3.05, 3.63) is 0 Å². The number of aliphatic hydroxyl groups excluding tert-OH is 2. The van der Waals surface area contributed by atoms with Gasteiger partial charge >= 0.3 is 0 Å². The van der Waals surface area contributed by atoms with Crippen LogP contribution in [0.15, 0.2) is 0 Å². The quantitative estimate of drug-likeness (QED) is 0.595. The van der Waals surface area contributed by atoms with Crippen LogP contribution < -0.4 is 0 Å². The van der Waals surface area contributed by atoms with Gasteiger partial charge in [-0.25, -0.2) is 0 Å². The van der Waals surface area contributed by atoms with Crippen molar-refractivity contribution in [2.75, 3.05) is 6.61 Å². The lowest BCUT2D eigenvalue weighted by Gasteiger charge is -2.38. The fourth-order valence-corrected chi connectivity index (χ4v) is 2.22. The van der Waals surface area contributed by atoms with Crippen molar-refractivity contribution in [1.29, 1.82) is 0 Å². The Bertz CT molecular complexity index is 178. The zero-order valence-corrected chi connectivity index (χ0v) is 7.88. The molecule has 0 aromatic heterocycles. The third-order valence-corrected chi connectivity index (χ3v) is 2.95. The molecule has 0 aromatic rings. The topological polar surface area (TPSA) is 58.9 Å². The van der Waals surface area contributed by atoms with Crippen LogP contribution >= 0.6 is 0 Å². The van der Waals surface area contributed by atoms with Crippen LogP contribution in [-0.4, -0.2) is 41.4 Å². The minimum atomic E-state index is -0.700. The van der Waals surface area contributed by atoms with Gasteiger partial charge in [0.15, 0.2) is 6.29 Å². The molecule has 4 nitrogen and oxygen atoms in total. The molecule has 0 aromatic carbocycles. The van der Waals surface area contributed by atoms with Crippen LogP contribution in [-0.2, 0) is 9.47 Å². The number of aliphatic hydroxyl groups is 2. The molecule has 2 heterocycles. The van der Waals surface area contributed by atoms with Gasteiger partial charge < -0.3 is 19.7 Å². The minimum absolute atomic E-state index is 0.133. The number of rotatable bonds is 1. The Hall–Kier alpha value is -0.160. The van der Waals surface area contributed by atoms with Crippen molar-refractivity contribution in [2.45, 2.75) is 38.4 Å². The first-order chi connectivity index (χ1) is 6.11. The SMILES string of the molecule is CC(C)[C@@H]1[C@H](O)[C@H]2OC[C@H](O2)[C@H]1O. The summed E-state index contributed by atoms with van der Waals surface area (Å²) in [5.41, 5.74) is 0. The molecule has 2 aliphatic heterocycles. The molecule has 0 amide bonds. The summed E-state index contributed by atoms with van der Waals surface area (Å²) in [4.78, 5) is 0. The molecule has 0 unspecified atom stereocenters. The van der Waals surface area contributed by atoms with Crippen molar-refractivity contribution in [1.82, 2.24) is 0 Å². The largest absolute Gasteiger partial charge is 0.390 e. The van der Waals surface area contributed by atoms with E-state index in [-0.39, 0.29) is 17.9 Å². The molecule has 0 aliphatic carbocycles. The van der Waals surface area contributed by atoms with E-state index in [1.54, 1.807) is 0 Å². The molecule has 2 bridgehead atoms. The van der Waals surface area contributed by atoms with Crippen LogP contribution in [0.3, 0.4) is 0 Å². The van der Waals surface area contributed by atoms with E-state index < -0.39 is 18.5 Å². The lowest BCUT2D eigenvalue weighted by Crippen LogP contribution is -2.51. The highest BCUT2D eigenvalue weighted by Gasteiger charge is 2.50. The van der Waals surface area contributed by atoms with Gasteiger partial charge in [-0.2, -0.15) is 0 Å². The van der Waals surface area contributed by atoms with Crippen molar-refractivity contribution in [2.24, 2.45) is 11.8 Å². The number of hydrogen-bond acceptors (Lipinski definition) is 4. The number of hydrogen-bond donors (Lipinski definition) is 2. The zero-order chi connectivity index (χ0) is 9.59. The third kappa shape index (κ3) is 1.38. The molecule has 0 spiro atoms. The molecule has 4 heteroatoms. The normalized spacial score (nSPS) is 50.1. The molecule has 0 radical (unpaired) electrons. The lowest BCUT2D eigenvalue weighted by atomic mass is 9.82. The zero-order valence-electron chi connectivity index (χ0n) is 7.88. The molecule has 0 saturated carbocycles. The molecular formula is C9H16O4. The molecule has 2 saturated heterocycles. The van der Waals surface area contributed by atoms with E-state index >= 15 is 0 Å². The van der Waals surface area contributed by atoms with Gasteiger partial charge in [0.25, 0.3) is 0 Å². The Balaban J connectivity index is 2.17. The third-order valence-electron chi connectivity index (χ3n) is 2.95. The highest BCUT2D eigenvalue weighted by Crippen LogP contribution is 2.35. The molecule has 2 N–H and O–H groups in total. The van der Waals surface area contributed by atoms with Crippen LogP contribution in [0.5, 0.6) is 0 Å². The smallest absolute Gasteiger partial charge is 0.184 e. The second-order valence-electron chi connectivity index (χ2n) is 4.18. The summed E-state index contributed by atoms with van der Waals surface area (Å²) in [5, 5.41) is 19.6. The van der Waals surface area contributed by atoms with Crippen LogP contribution in [0.4, 0.5) is 0 Å². The van der Waals surface area contributed by atoms with E-state index in [4.69, 9.17) is 9.47 Å². The maximum Gasteiger partial charge on any atom is 0.184 e. The molecule has 2 aliphatic rings. The summed E-state index contributed by atoms with van der Waals surface area (Å²) in [6, 6.07) is 0. The molecule has 76 valence electrons. The maximum absolute atomic E-state index is 9.83. The first kappa shape index (κ1) is 9.40. The van der Waals surface area contributed by atoms with Gasteiger partial charge in [0.05, 0.1) is 12.7 Å². The summed E-state index contributed by atoms with van der Waals surface area (Å²) in [6.45, 7) is 4.37. The van der Waals surface area contributed by atoms with E-state index in [0.29, 0.717) is 6.61 Å². The Labute approximate surface area is 77.5 Å². The summed E-state index contributed by atoms with van der Waals surface area (Å²) >= 11 is 0. The second kappa shape index (κ2) is 3.20. The first-order valence-electron chi connectivity index (χ1n) is 4.74. The number of fused-ring (bicyclic) bond motifs is 2. The lowest BCUT2D eigenvalue weighted by molar-refractivity contribution is -0.216. The van der Waals surface area contributed by atoms with E-state index in [1.165, 1.54) is 0 Å². The summed E-state index contributed by atoms with van der Waals surface area (Å²) in [5.74, 6) is 0.104. The van der Waals surface area contributed by atoms with Crippen molar-refractivity contribution in [3.8, 4) is 0 Å². The Morgan fingerprint density at radius 3 is 2.54 bits per heavy atom. The molecule has 13 heavy (non-hydrogen) atoms. The minimum Gasteiger partial charge on any atom is -0.390 e. The molecule has 2 rings (SSSR count). The molecule has 2 fully saturated rings. The van der Waals surface area contributed by atoms with E-state index in [0.717, 1.165) is 0 Å². The van der Waals surface area contributed by atoms with Crippen LogP contribution in [0, 0.1) is 11.8 Å². The van der Waals surface area contributed by atoms with E-state index in [9.17, 15) is 10.2 Å². The van der Waals surface area contributed by atoms with Crippen LogP contribution in [0.1, 0.15) is 13.8 Å². The predicted octanol–water partition coefficient (Wildman–Crippen LogP) is -0.265. The average molecular weight is 188 g/mol. The van der Waals surface area contributed by atoms with Gasteiger partial charge in [-0.3, -0.25) is 0 Å². The fraction of sp³-hybridized carbons (Fsp3) is 1.00. The van der Waals surface area contributed by atoms with E-state index in [1.807, 2.05) is 13.8 Å². The van der Waals surface area contributed by atoms with Gasteiger partial charge in [0.2, 0.25) is 0 Å². The maximum atomic E-state index is 9.83. The van der Waals surface area contributed by atoms with Gasteiger partial charge in [-0.15, -0.1) is 0 Å². The van der Waals surface area contributed by atoms with Gasteiger partial charge in [-0.05, 0) is 5.92 Å². The summed E-state index contributed by atoms with van der Waals surface area (Å²) < 4.78 is 10.5. The molecular weight excluding hydrogens is 172 g/mol. The molecule has 5 atom stereocenters. The van der Waals surface area contributed by atoms with Crippen molar-refractivity contribution >= 4 is 0 Å². The first-order valence-corrected chi connectivity index (χ1v) is 4.74. The Morgan fingerprint density at radius 2 is 1.92 bits per heavy atom. The second-order valence-corrected chi connectivity index (χ2v) is 4.18. The van der Waals surface area contributed by atoms with Gasteiger partial charge in [0.1, 0.15) is 12.2 Å². The van der Waals surface area contributed by atoms with Gasteiger partial charge in [0, 0.05) is 5.92 Å². The highest BCUT2D eigenvalue weighted by molar-refractivity contribution is 4.93. The monoisotopic (exact) mass is 188 g/mol.